The second-order valence-corrected chi connectivity index (χ2v) is 11.8. The number of nitrogens with one attached hydrogen (secondary N) is 1. The number of amides is 1. The van der Waals surface area contributed by atoms with Crippen LogP contribution in [0.15, 0.2) is 23.1 Å². The van der Waals surface area contributed by atoms with Crippen LogP contribution in [0, 0.1) is 6.92 Å². The standard InChI is InChI=1S/C22H31N5O3S2/c1-14(2)20-24-22(31-25-20)26-10-7-16(8-11-26)27-12-9-19(21(27)28)23-18-6-5-17(13-15(18)3)32(4,29)30/h5-6,13-14,16,19,23H,7-12H2,1-4H3. The van der Waals surface area contributed by atoms with Crippen LogP contribution in [0.2, 0.25) is 0 Å². The number of carbonyl (C=O) groups is 1. The van der Waals surface area contributed by atoms with E-state index in [0.717, 1.165) is 61.1 Å². The van der Waals surface area contributed by atoms with Gasteiger partial charge < -0.3 is 15.1 Å². The number of hydrogen-bond acceptors (Lipinski definition) is 8. The molecule has 1 amide bonds. The molecule has 1 aromatic heterocycles. The lowest BCUT2D eigenvalue weighted by atomic mass is 10.0. The Morgan fingerprint density at radius 3 is 2.47 bits per heavy atom. The van der Waals surface area contributed by atoms with Crippen LogP contribution in [0.4, 0.5) is 10.8 Å². The molecular formula is C22H31N5O3S2. The molecule has 32 heavy (non-hydrogen) atoms. The van der Waals surface area contributed by atoms with Gasteiger partial charge in [-0.2, -0.15) is 4.37 Å². The van der Waals surface area contributed by atoms with E-state index in [0.29, 0.717) is 10.8 Å². The van der Waals surface area contributed by atoms with Gasteiger partial charge in [0, 0.05) is 55.1 Å². The molecule has 8 nitrogen and oxygen atoms in total. The summed E-state index contributed by atoms with van der Waals surface area (Å²) in [4.78, 5) is 22.4. The smallest absolute Gasteiger partial charge is 0.245 e. The second-order valence-electron chi connectivity index (χ2n) is 9.07. The van der Waals surface area contributed by atoms with Crippen molar-refractivity contribution in [1.82, 2.24) is 14.3 Å². The minimum atomic E-state index is -3.25. The van der Waals surface area contributed by atoms with Crippen molar-refractivity contribution in [3.63, 3.8) is 0 Å². The van der Waals surface area contributed by atoms with Crippen LogP contribution in [0.25, 0.3) is 0 Å². The fraction of sp³-hybridized carbons (Fsp3) is 0.591. The van der Waals surface area contributed by atoms with E-state index in [1.807, 2.05) is 11.8 Å². The number of nitrogens with zero attached hydrogens (tertiary/aromatic N) is 4. The molecule has 0 aliphatic carbocycles. The summed E-state index contributed by atoms with van der Waals surface area (Å²) in [5.74, 6) is 1.36. The molecule has 174 valence electrons. The van der Waals surface area contributed by atoms with Gasteiger partial charge in [0.2, 0.25) is 11.0 Å². The van der Waals surface area contributed by atoms with Gasteiger partial charge in [-0.05, 0) is 49.9 Å². The molecule has 0 radical (unpaired) electrons. The van der Waals surface area contributed by atoms with E-state index >= 15 is 0 Å². The van der Waals surface area contributed by atoms with E-state index < -0.39 is 9.84 Å². The summed E-state index contributed by atoms with van der Waals surface area (Å²) >= 11 is 1.46. The number of aryl methyl sites for hydroxylation is 1. The highest BCUT2D eigenvalue weighted by molar-refractivity contribution is 7.90. The maximum absolute atomic E-state index is 13.1. The molecule has 2 aliphatic heterocycles. The Morgan fingerprint density at radius 2 is 1.88 bits per heavy atom. The molecule has 2 fully saturated rings. The summed E-state index contributed by atoms with van der Waals surface area (Å²) in [6, 6.07) is 4.98. The Hall–Kier alpha value is -2.20. The summed E-state index contributed by atoms with van der Waals surface area (Å²) < 4.78 is 28.0. The monoisotopic (exact) mass is 477 g/mol. The summed E-state index contributed by atoms with van der Waals surface area (Å²) in [6.45, 7) is 8.57. The number of piperidine rings is 1. The van der Waals surface area contributed by atoms with Gasteiger partial charge in [-0.15, -0.1) is 0 Å². The van der Waals surface area contributed by atoms with E-state index in [1.165, 1.54) is 17.8 Å². The van der Waals surface area contributed by atoms with Gasteiger partial charge >= 0.3 is 0 Å². The van der Waals surface area contributed by atoms with Crippen molar-refractivity contribution in [2.75, 3.05) is 36.1 Å². The molecule has 4 rings (SSSR count). The van der Waals surface area contributed by atoms with Crippen molar-refractivity contribution >= 4 is 38.1 Å². The van der Waals surface area contributed by atoms with Gasteiger partial charge in [0.05, 0.1) is 4.90 Å². The predicted octanol–water partition coefficient (Wildman–Crippen LogP) is 3.06. The highest BCUT2D eigenvalue weighted by Gasteiger charge is 2.37. The normalized spacial score (nSPS) is 20.4. The van der Waals surface area contributed by atoms with Crippen LogP contribution in [0.1, 0.15) is 50.4 Å². The van der Waals surface area contributed by atoms with E-state index in [-0.39, 0.29) is 18.0 Å². The first-order valence-electron chi connectivity index (χ1n) is 11.1. The largest absolute Gasteiger partial charge is 0.373 e. The molecule has 2 aromatic rings. The van der Waals surface area contributed by atoms with Gasteiger partial charge in [-0.1, -0.05) is 13.8 Å². The third-order valence-corrected chi connectivity index (χ3v) is 8.22. The van der Waals surface area contributed by atoms with Gasteiger partial charge in [0.1, 0.15) is 11.9 Å². The molecular weight excluding hydrogens is 446 g/mol. The van der Waals surface area contributed by atoms with Crippen LogP contribution < -0.4 is 10.2 Å². The third kappa shape index (κ3) is 4.76. The molecule has 2 aliphatic rings. The number of likely N-dealkylation sites (tertiary alicyclic amines) is 1. The number of hydrogen-bond donors (Lipinski definition) is 1. The number of benzene rings is 1. The molecule has 1 atom stereocenters. The van der Waals surface area contributed by atoms with Crippen molar-refractivity contribution in [2.24, 2.45) is 0 Å². The average Bonchev–Trinajstić information content (AvgIpc) is 3.37. The van der Waals surface area contributed by atoms with E-state index in [4.69, 9.17) is 0 Å². The van der Waals surface area contributed by atoms with Gasteiger partial charge in [0.25, 0.3) is 0 Å². The van der Waals surface area contributed by atoms with E-state index in [2.05, 4.69) is 33.4 Å². The fourth-order valence-corrected chi connectivity index (χ4v) is 5.94. The Bertz CT molecular complexity index is 1090. The lowest BCUT2D eigenvalue weighted by Gasteiger charge is -2.36. The lowest BCUT2D eigenvalue weighted by Crippen LogP contribution is -2.47. The Kier molecular flexibility index (Phi) is 6.44. The van der Waals surface area contributed by atoms with Crippen molar-refractivity contribution in [2.45, 2.75) is 62.9 Å². The first kappa shape index (κ1) is 23.0. The molecule has 1 aromatic carbocycles. The van der Waals surface area contributed by atoms with Crippen LogP contribution in [0.3, 0.4) is 0 Å². The predicted molar refractivity (Wildman–Crippen MR) is 127 cm³/mol. The SMILES string of the molecule is Cc1cc(S(C)(=O)=O)ccc1NC1CCN(C2CCN(c3nc(C(C)C)ns3)CC2)C1=O. The number of rotatable bonds is 6. The maximum atomic E-state index is 13.1. The van der Waals surface area contributed by atoms with Crippen LogP contribution in [-0.4, -0.2) is 66.6 Å². The molecule has 0 saturated carbocycles. The topological polar surface area (TPSA) is 95.5 Å². The number of aromatic nitrogens is 2. The Balaban J connectivity index is 1.35. The summed E-state index contributed by atoms with van der Waals surface area (Å²) in [6.07, 6.45) is 3.81. The quantitative estimate of drug-likeness (QED) is 0.683. The zero-order chi connectivity index (χ0) is 23.0. The third-order valence-electron chi connectivity index (χ3n) is 6.32. The minimum absolute atomic E-state index is 0.132. The molecule has 2 saturated heterocycles. The lowest BCUT2D eigenvalue weighted by molar-refractivity contribution is -0.130. The first-order valence-corrected chi connectivity index (χ1v) is 13.8. The molecule has 0 spiro atoms. The van der Waals surface area contributed by atoms with E-state index in [9.17, 15) is 13.2 Å². The van der Waals surface area contributed by atoms with Gasteiger partial charge in [-0.25, -0.2) is 13.4 Å². The zero-order valence-corrected chi connectivity index (χ0v) is 20.7. The van der Waals surface area contributed by atoms with E-state index in [1.54, 1.807) is 18.2 Å². The minimum Gasteiger partial charge on any atom is -0.373 e. The number of carbonyl (C=O) groups excluding carboxylic acids is 1. The second kappa shape index (κ2) is 8.97. The fourth-order valence-electron chi connectivity index (χ4n) is 4.37. The molecule has 1 N–H and O–H groups in total. The van der Waals surface area contributed by atoms with Gasteiger partial charge in [0.15, 0.2) is 9.84 Å². The molecule has 10 heteroatoms. The van der Waals surface area contributed by atoms with Crippen molar-refractivity contribution in [3.05, 3.63) is 29.6 Å². The van der Waals surface area contributed by atoms with Crippen LogP contribution in [-0.2, 0) is 14.6 Å². The number of sulfone groups is 1. The molecule has 0 bridgehead atoms. The summed E-state index contributed by atoms with van der Waals surface area (Å²) in [5, 5.41) is 4.32. The molecule has 1 unspecified atom stereocenters. The van der Waals surface area contributed by atoms with Gasteiger partial charge in [-0.3, -0.25) is 4.79 Å². The Morgan fingerprint density at radius 1 is 1.16 bits per heavy atom. The highest BCUT2D eigenvalue weighted by atomic mass is 32.2. The highest BCUT2D eigenvalue weighted by Crippen LogP contribution is 2.29. The van der Waals surface area contributed by atoms with Crippen LogP contribution in [0.5, 0.6) is 0 Å². The first-order chi connectivity index (χ1) is 15.1. The summed E-state index contributed by atoms with van der Waals surface area (Å²) in [5.41, 5.74) is 1.63. The van der Waals surface area contributed by atoms with Crippen molar-refractivity contribution in [1.29, 1.82) is 0 Å². The summed E-state index contributed by atoms with van der Waals surface area (Å²) in [7, 11) is -3.25. The number of anilines is 2. The van der Waals surface area contributed by atoms with Crippen LogP contribution >= 0.6 is 11.5 Å². The maximum Gasteiger partial charge on any atom is 0.245 e. The zero-order valence-electron chi connectivity index (χ0n) is 19.0. The Labute approximate surface area is 194 Å². The molecule has 3 heterocycles. The van der Waals surface area contributed by atoms with Crippen molar-refractivity contribution < 1.29 is 13.2 Å². The van der Waals surface area contributed by atoms with Crippen molar-refractivity contribution in [3.8, 4) is 0 Å². The average molecular weight is 478 g/mol.